The van der Waals surface area contributed by atoms with Crippen molar-refractivity contribution in [3.63, 3.8) is 0 Å². The number of aromatic nitrogens is 3. The van der Waals surface area contributed by atoms with Crippen molar-refractivity contribution in [1.29, 1.82) is 0 Å². The van der Waals surface area contributed by atoms with E-state index in [1.54, 1.807) is 11.3 Å². The van der Waals surface area contributed by atoms with E-state index in [-0.39, 0.29) is 12.6 Å². The van der Waals surface area contributed by atoms with E-state index >= 15 is 0 Å². The van der Waals surface area contributed by atoms with Crippen molar-refractivity contribution >= 4 is 17.4 Å². The van der Waals surface area contributed by atoms with Crippen LogP contribution in [0.1, 0.15) is 28.7 Å². The molecule has 0 saturated carbocycles. The maximum Gasteiger partial charge on any atom is 0.316 e. The average molecular weight is 239 g/mol. The van der Waals surface area contributed by atoms with Crippen LogP contribution in [0.15, 0.2) is 10.6 Å². The van der Waals surface area contributed by atoms with E-state index in [1.807, 2.05) is 20.0 Å². The first-order valence-electron chi connectivity index (χ1n) is 4.90. The fraction of sp³-hybridized carbons (Fsp3) is 0.444. The third kappa shape index (κ3) is 2.37. The van der Waals surface area contributed by atoms with Gasteiger partial charge in [-0.1, -0.05) is 5.10 Å². The van der Waals surface area contributed by atoms with Gasteiger partial charge in [-0.3, -0.25) is 0 Å². The Labute approximate surface area is 96.9 Å². The van der Waals surface area contributed by atoms with Crippen LogP contribution in [0.3, 0.4) is 0 Å². The third-order valence-corrected chi connectivity index (χ3v) is 3.09. The Hall–Kier alpha value is -1.47. The Balaban J connectivity index is 2.04. The number of anilines is 1. The third-order valence-electron chi connectivity index (χ3n) is 1.99. The van der Waals surface area contributed by atoms with E-state index in [2.05, 4.69) is 20.5 Å². The zero-order valence-electron chi connectivity index (χ0n) is 9.10. The number of hydrogen-bond acceptors (Lipinski definition) is 7. The Morgan fingerprint density at radius 2 is 2.38 bits per heavy atom. The zero-order chi connectivity index (χ0) is 11.5. The van der Waals surface area contributed by atoms with Crippen LogP contribution >= 0.6 is 11.3 Å². The highest BCUT2D eigenvalue weighted by molar-refractivity contribution is 7.11. The van der Waals surface area contributed by atoms with Crippen molar-refractivity contribution in [3.05, 3.63) is 22.0 Å². The van der Waals surface area contributed by atoms with Gasteiger partial charge < -0.3 is 15.5 Å². The fourth-order valence-corrected chi connectivity index (χ4v) is 1.99. The normalized spacial score (nSPS) is 12.7. The van der Waals surface area contributed by atoms with E-state index < -0.39 is 0 Å². The summed E-state index contributed by atoms with van der Waals surface area (Å²) in [6, 6.07) is 0.422. The number of rotatable bonds is 4. The zero-order valence-corrected chi connectivity index (χ0v) is 9.91. The molecule has 1 unspecified atom stereocenters. The molecule has 2 aromatic rings. The summed E-state index contributed by atoms with van der Waals surface area (Å²) >= 11 is 1.64. The van der Waals surface area contributed by atoms with Crippen LogP contribution in [-0.2, 0) is 6.54 Å². The van der Waals surface area contributed by atoms with Crippen LogP contribution < -0.4 is 11.1 Å². The molecule has 2 heterocycles. The van der Waals surface area contributed by atoms with Gasteiger partial charge in [0.05, 0.1) is 12.6 Å². The molecule has 0 spiro atoms. The summed E-state index contributed by atoms with van der Waals surface area (Å²) in [6.45, 7) is 4.26. The molecule has 0 radical (unpaired) electrons. The molecular weight excluding hydrogens is 226 g/mol. The number of aryl methyl sites for hydroxylation is 1. The summed E-state index contributed by atoms with van der Waals surface area (Å²) in [5.74, 6) is 0.421. The lowest BCUT2D eigenvalue weighted by Crippen LogP contribution is -2.06. The first kappa shape index (κ1) is 11.0. The molecule has 2 rings (SSSR count). The topological polar surface area (TPSA) is 89.9 Å². The SMILES string of the molecule is Cc1cnc(C(C)Nc2nnc(CN)o2)s1. The molecule has 0 saturated heterocycles. The molecule has 3 N–H and O–H groups in total. The van der Waals surface area contributed by atoms with Crippen LogP contribution in [-0.4, -0.2) is 15.2 Å². The van der Waals surface area contributed by atoms with Gasteiger partial charge in [0.25, 0.3) is 0 Å². The maximum atomic E-state index is 5.37. The molecule has 86 valence electrons. The lowest BCUT2D eigenvalue weighted by Gasteiger charge is -2.07. The summed E-state index contributed by atoms with van der Waals surface area (Å²) in [5.41, 5.74) is 5.37. The maximum absolute atomic E-state index is 5.37. The summed E-state index contributed by atoms with van der Waals surface area (Å²) in [7, 11) is 0. The van der Waals surface area contributed by atoms with Crippen LogP contribution in [0, 0.1) is 6.92 Å². The van der Waals surface area contributed by atoms with Gasteiger partial charge in [-0.2, -0.15) is 0 Å². The van der Waals surface area contributed by atoms with Gasteiger partial charge in [-0.05, 0) is 13.8 Å². The van der Waals surface area contributed by atoms with Gasteiger partial charge in [-0.25, -0.2) is 4.98 Å². The monoisotopic (exact) mass is 239 g/mol. The standard InChI is InChI=1S/C9H13N5OS/c1-5-4-11-8(16-5)6(2)12-9-14-13-7(3-10)15-9/h4,6H,3,10H2,1-2H3,(H,12,14). The number of nitrogens with two attached hydrogens (primary N) is 1. The minimum absolute atomic E-state index is 0.0461. The van der Waals surface area contributed by atoms with Crippen molar-refractivity contribution in [3.8, 4) is 0 Å². The minimum Gasteiger partial charge on any atom is -0.407 e. The highest BCUT2D eigenvalue weighted by Gasteiger charge is 2.12. The molecule has 16 heavy (non-hydrogen) atoms. The first-order valence-corrected chi connectivity index (χ1v) is 5.72. The summed E-state index contributed by atoms with van der Waals surface area (Å²) in [4.78, 5) is 5.46. The fourth-order valence-electron chi connectivity index (χ4n) is 1.21. The molecule has 0 amide bonds. The Kier molecular flexibility index (Phi) is 3.16. The lowest BCUT2D eigenvalue weighted by atomic mass is 10.4. The van der Waals surface area contributed by atoms with Crippen LogP contribution in [0.4, 0.5) is 6.01 Å². The van der Waals surface area contributed by atoms with Crippen molar-refractivity contribution in [2.45, 2.75) is 26.4 Å². The summed E-state index contributed by atoms with van der Waals surface area (Å²) in [6.07, 6.45) is 1.84. The lowest BCUT2D eigenvalue weighted by molar-refractivity contribution is 0.503. The van der Waals surface area contributed by atoms with Gasteiger partial charge >= 0.3 is 6.01 Å². The van der Waals surface area contributed by atoms with E-state index in [1.165, 1.54) is 4.88 Å². The molecule has 0 aliphatic heterocycles. The molecule has 0 aliphatic carbocycles. The van der Waals surface area contributed by atoms with Gasteiger partial charge in [0.1, 0.15) is 5.01 Å². The molecule has 0 fully saturated rings. The molecule has 0 aliphatic rings. The van der Waals surface area contributed by atoms with E-state index in [4.69, 9.17) is 10.2 Å². The average Bonchev–Trinajstić information content (AvgIpc) is 2.87. The van der Waals surface area contributed by atoms with E-state index in [0.29, 0.717) is 11.9 Å². The second kappa shape index (κ2) is 4.58. The van der Waals surface area contributed by atoms with E-state index in [9.17, 15) is 0 Å². The predicted molar refractivity (Wildman–Crippen MR) is 61.1 cm³/mol. The minimum atomic E-state index is 0.0461. The van der Waals surface area contributed by atoms with Crippen molar-refractivity contribution < 1.29 is 4.42 Å². The van der Waals surface area contributed by atoms with Gasteiger partial charge in [0.15, 0.2) is 0 Å². The molecule has 0 aromatic carbocycles. The quantitative estimate of drug-likeness (QED) is 0.839. The molecule has 7 heteroatoms. The first-order chi connectivity index (χ1) is 7.69. The van der Waals surface area contributed by atoms with Gasteiger partial charge in [0, 0.05) is 11.1 Å². The Morgan fingerprint density at radius 1 is 1.56 bits per heavy atom. The van der Waals surface area contributed by atoms with Crippen molar-refractivity contribution in [2.24, 2.45) is 5.73 Å². The summed E-state index contributed by atoms with van der Waals surface area (Å²) in [5, 5.41) is 11.7. The largest absolute Gasteiger partial charge is 0.407 e. The molecule has 1 atom stereocenters. The Bertz CT molecular complexity index is 466. The second-order valence-corrected chi connectivity index (χ2v) is 4.65. The van der Waals surface area contributed by atoms with Crippen molar-refractivity contribution in [1.82, 2.24) is 15.2 Å². The molecule has 0 bridgehead atoms. The van der Waals surface area contributed by atoms with Crippen LogP contribution in [0.2, 0.25) is 0 Å². The highest BCUT2D eigenvalue weighted by atomic mass is 32.1. The highest BCUT2D eigenvalue weighted by Crippen LogP contribution is 2.22. The molecular formula is C9H13N5OS. The van der Waals surface area contributed by atoms with Crippen LogP contribution in [0.5, 0.6) is 0 Å². The molecule has 6 nitrogen and oxygen atoms in total. The van der Waals surface area contributed by atoms with Crippen LogP contribution in [0.25, 0.3) is 0 Å². The number of thiazole rings is 1. The summed E-state index contributed by atoms with van der Waals surface area (Å²) < 4.78 is 5.25. The van der Waals surface area contributed by atoms with E-state index in [0.717, 1.165) is 5.01 Å². The number of nitrogens with one attached hydrogen (secondary N) is 1. The van der Waals surface area contributed by atoms with Gasteiger partial charge in [-0.15, -0.1) is 16.4 Å². The Morgan fingerprint density at radius 3 is 2.94 bits per heavy atom. The van der Waals surface area contributed by atoms with Gasteiger partial charge in [0.2, 0.25) is 5.89 Å². The number of nitrogens with zero attached hydrogens (tertiary/aromatic N) is 3. The predicted octanol–water partition coefficient (Wildman–Crippen LogP) is 1.47. The van der Waals surface area contributed by atoms with Crippen molar-refractivity contribution in [2.75, 3.05) is 5.32 Å². The molecule has 2 aromatic heterocycles. The smallest absolute Gasteiger partial charge is 0.316 e. The second-order valence-electron chi connectivity index (χ2n) is 3.38. The number of hydrogen-bond donors (Lipinski definition) is 2.